The quantitative estimate of drug-likeness (QED) is 0.895. The van der Waals surface area contributed by atoms with Gasteiger partial charge in [-0.1, -0.05) is 6.07 Å². The maximum atomic E-state index is 12.0. The molecule has 1 amide bonds. The first-order chi connectivity index (χ1) is 9.83. The zero-order valence-corrected chi connectivity index (χ0v) is 11.8. The van der Waals surface area contributed by atoms with Crippen LogP contribution in [0.25, 0.3) is 0 Å². The molecule has 20 heavy (non-hydrogen) atoms. The first-order valence-electron chi connectivity index (χ1n) is 6.67. The molecule has 0 bridgehead atoms. The van der Waals surface area contributed by atoms with Crippen LogP contribution in [0.15, 0.2) is 29.8 Å². The van der Waals surface area contributed by atoms with Crippen molar-refractivity contribution in [3.63, 3.8) is 0 Å². The summed E-state index contributed by atoms with van der Waals surface area (Å²) in [7, 11) is 0. The van der Waals surface area contributed by atoms with Gasteiger partial charge in [-0.2, -0.15) is 0 Å². The van der Waals surface area contributed by atoms with Gasteiger partial charge >= 0.3 is 0 Å². The minimum Gasteiger partial charge on any atom is -0.345 e. The Labute approximate surface area is 121 Å². The zero-order valence-electron chi connectivity index (χ0n) is 11.0. The minimum absolute atomic E-state index is 0.135. The predicted molar refractivity (Wildman–Crippen MR) is 77.7 cm³/mol. The molecule has 0 aliphatic carbocycles. The van der Waals surface area contributed by atoms with Crippen molar-refractivity contribution < 1.29 is 4.79 Å². The Kier molecular flexibility index (Phi) is 4.03. The molecule has 5 nitrogen and oxygen atoms in total. The van der Waals surface area contributed by atoms with Crippen molar-refractivity contribution in [1.29, 1.82) is 0 Å². The summed E-state index contributed by atoms with van der Waals surface area (Å²) >= 11 is 1.57. The summed E-state index contributed by atoms with van der Waals surface area (Å²) in [5.74, 6) is 0.321. The molecule has 0 saturated carbocycles. The highest BCUT2D eigenvalue weighted by molar-refractivity contribution is 7.09. The lowest BCUT2D eigenvalue weighted by Gasteiger charge is -2.03. The highest BCUT2D eigenvalue weighted by atomic mass is 32.1. The number of hydrogen-bond donors (Lipinski definition) is 2. The fourth-order valence-corrected chi connectivity index (χ4v) is 3.15. The van der Waals surface area contributed by atoms with Crippen LogP contribution in [0.3, 0.4) is 0 Å². The van der Waals surface area contributed by atoms with Crippen molar-refractivity contribution >= 4 is 17.2 Å². The van der Waals surface area contributed by atoms with Gasteiger partial charge in [0.2, 0.25) is 0 Å². The summed E-state index contributed by atoms with van der Waals surface area (Å²) < 4.78 is 0. The monoisotopic (exact) mass is 288 g/mol. The van der Waals surface area contributed by atoms with Gasteiger partial charge in [0.25, 0.3) is 5.91 Å². The molecule has 1 atom stereocenters. The van der Waals surface area contributed by atoms with E-state index in [-0.39, 0.29) is 5.91 Å². The third-order valence-electron chi connectivity index (χ3n) is 3.32. The first-order valence-corrected chi connectivity index (χ1v) is 7.55. The Morgan fingerprint density at radius 2 is 2.45 bits per heavy atom. The number of nitrogens with zero attached hydrogens (tertiary/aromatic N) is 2. The zero-order chi connectivity index (χ0) is 13.8. The van der Waals surface area contributed by atoms with Crippen molar-refractivity contribution in [3.05, 3.63) is 46.2 Å². The predicted octanol–water partition coefficient (Wildman–Crippen LogP) is 1.54. The van der Waals surface area contributed by atoms with Crippen LogP contribution < -0.4 is 10.6 Å². The highest BCUT2D eigenvalue weighted by Crippen LogP contribution is 2.25. The molecular formula is C14H16N4OS. The Morgan fingerprint density at radius 1 is 1.50 bits per heavy atom. The molecule has 0 aromatic carbocycles. The van der Waals surface area contributed by atoms with E-state index >= 15 is 0 Å². The molecule has 1 unspecified atom stereocenters. The lowest BCUT2D eigenvalue weighted by atomic mass is 10.1. The van der Waals surface area contributed by atoms with Gasteiger partial charge in [0, 0.05) is 24.0 Å². The molecule has 6 heteroatoms. The number of thiazole rings is 1. The van der Waals surface area contributed by atoms with Crippen LogP contribution in [0.5, 0.6) is 0 Å². The van der Waals surface area contributed by atoms with Gasteiger partial charge in [-0.25, -0.2) is 4.98 Å². The van der Waals surface area contributed by atoms with Gasteiger partial charge in [-0.15, -0.1) is 11.3 Å². The van der Waals surface area contributed by atoms with Crippen LogP contribution in [-0.4, -0.2) is 29.0 Å². The van der Waals surface area contributed by atoms with Gasteiger partial charge in [0.15, 0.2) is 0 Å². The highest BCUT2D eigenvalue weighted by Gasteiger charge is 2.21. The van der Waals surface area contributed by atoms with Gasteiger partial charge in [-0.05, 0) is 25.1 Å². The number of nitrogens with one attached hydrogen (secondary N) is 2. The summed E-state index contributed by atoms with van der Waals surface area (Å²) in [4.78, 5) is 20.7. The Balaban J connectivity index is 1.59. The fraction of sp³-hybridized carbons (Fsp3) is 0.357. The van der Waals surface area contributed by atoms with Crippen LogP contribution in [0.2, 0.25) is 0 Å². The largest absolute Gasteiger partial charge is 0.345 e. The van der Waals surface area contributed by atoms with E-state index in [4.69, 9.17) is 0 Å². The Hall–Kier alpha value is -1.79. The summed E-state index contributed by atoms with van der Waals surface area (Å²) in [6, 6.07) is 5.65. The number of rotatable bonds is 4. The van der Waals surface area contributed by atoms with Gasteiger partial charge in [0.05, 0.1) is 17.2 Å². The van der Waals surface area contributed by atoms with Gasteiger partial charge in [0.1, 0.15) is 5.69 Å². The number of pyridine rings is 1. The molecule has 1 fully saturated rings. The van der Waals surface area contributed by atoms with Crippen molar-refractivity contribution in [2.24, 2.45) is 0 Å². The molecule has 2 aromatic heterocycles. The lowest BCUT2D eigenvalue weighted by molar-refractivity contribution is 0.0946. The molecule has 3 rings (SSSR count). The smallest absolute Gasteiger partial charge is 0.271 e. The van der Waals surface area contributed by atoms with E-state index in [9.17, 15) is 4.79 Å². The Morgan fingerprint density at radius 3 is 3.20 bits per heavy atom. The number of carbonyl (C=O) groups excluding carboxylic acids is 1. The summed E-state index contributed by atoms with van der Waals surface area (Å²) in [5, 5.41) is 9.05. The SMILES string of the molecule is O=C(NCc1ccccn1)c1csc(C2CCNC2)n1. The number of amides is 1. The number of aromatic nitrogens is 2. The van der Waals surface area contributed by atoms with E-state index in [1.165, 1.54) is 0 Å². The van der Waals surface area contributed by atoms with Crippen molar-refractivity contribution in [3.8, 4) is 0 Å². The molecule has 3 heterocycles. The average Bonchev–Trinajstić information content (AvgIpc) is 3.16. The topological polar surface area (TPSA) is 66.9 Å². The van der Waals surface area contributed by atoms with E-state index in [1.54, 1.807) is 17.5 Å². The summed E-state index contributed by atoms with van der Waals surface area (Å²) in [6.45, 7) is 2.42. The third kappa shape index (κ3) is 3.02. The molecule has 1 aliphatic heterocycles. The molecule has 0 spiro atoms. The van der Waals surface area contributed by atoms with Crippen LogP contribution in [0.1, 0.15) is 33.5 Å². The standard InChI is InChI=1S/C14H16N4OS/c19-13(17-8-11-3-1-2-5-16-11)12-9-20-14(18-12)10-4-6-15-7-10/h1-3,5,9-10,15H,4,6-8H2,(H,17,19). The number of carbonyl (C=O) groups is 1. The van der Waals surface area contributed by atoms with E-state index in [0.717, 1.165) is 30.2 Å². The van der Waals surface area contributed by atoms with Crippen molar-refractivity contribution in [2.45, 2.75) is 18.9 Å². The van der Waals surface area contributed by atoms with E-state index in [1.807, 2.05) is 23.6 Å². The van der Waals surface area contributed by atoms with Crippen LogP contribution in [0, 0.1) is 0 Å². The van der Waals surface area contributed by atoms with Gasteiger partial charge < -0.3 is 10.6 Å². The van der Waals surface area contributed by atoms with E-state index in [0.29, 0.717) is 18.2 Å². The first kappa shape index (κ1) is 13.2. The van der Waals surface area contributed by atoms with Crippen LogP contribution in [-0.2, 0) is 6.54 Å². The van der Waals surface area contributed by atoms with E-state index < -0.39 is 0 Å². The lowest BCUT2D eigenvalue weighted by Crippen LogP contribution is -2.23. The van der Waals surface area contributed by atoms with E-state index in [2.05, 4.69) is 20.6 Å². The van der Waals surface area contributed by atoms with Crippen LogP contribution in [0.4, 0.5) is 0 Å². The second-order valence-electron chi connectivity index (χ2n) is 4.76. The van der Waals surface area contributed by atoms with Crippen molar-refractivity contribution in [1.82, 2.24) is 20.6 Å². The van der Waals surface area contributed by atoms with Gasteiger partial charge in [-0.3, -0.25) is 9.78 Å². The second kappa shape index (κ2) is 6.11. The molecule has 0 radical (unpaired) electrons. The average molecular weight is 288 g/mol. The van der Waals surface area contributed by atoms with Crippen molar-refractivity contribution in [2.75, 3.05) is 13.1 Å². The maximum Gasteiger partial charge on any atom is 0.271 e. The Bertz CT molecular complexity index is 578. The molecule has 2 aromatic rings. The fourth-order valence-electron chi connectivity index (χ4n) is 2.21. The molecule has 104 valence electrons. The van der Waals surface area contributed by atoms with Crippen LogP contribution >= 0.6 is 11.3 Å². The minimum atomic E-state index is -0.135. The third-order valence-corrected chi connectivity index (χ3v) is 4.33. The summed E-state index contributed by atoms with van der Waals surface area (Å²) in [6.07, 6.45) is 2.82. The second-order valence-corrected chi connectivity index (χ2v) is 5.65. The molecule has 2 N–H and O–H groups in total. The molecule has 1 aliphatic rings. The number of hydrogen-bond acceptors (Lipinski definition) is 5. The molecule has 1 saturated heterocycles. The normalized spacial score (nSPS) is 18.1. The maximum absolute atomic E-state index is 12.0. The summed E-state index contributed by atoms with van der Waals surface area (Å²) in [5.41, 5.74) is 1.35. The molecular weight excluding hydrogens is 272 g/mol.